The fraction of sp³-hybridized carbons (Fsp3) is 0.455. The zero-order valence-corrected chi connectivity index (χ0v) is 10.4. The minimum Gasteiger partial charge on any atom is -0.386 e. The van der Waals surface area contributed by atoms with Gasteiger partial charge in [-0.05, 0) is 44.9 Å². The topological polar surface area (TPSA) is 20.2 Å². The number of rotatable bonds is 1. The zero-order chi connectivity index (χ0) is 11.1. The lowest BCUT2D eigenvalue weighted by Crippen LogP contribution is -2.18. The summed E-state index contributed by atoms with van der Waals surface area (Å²) in [6.07, 6.45) is 0. The van der Waals surface area contributed by atoms with Gasteiger partial charge in [0.25, 0.3) is 0 Å². The maximum Gasteiger partial charge on any atom is 0.132 e. The normalized spacial score (nSPS) is 11.9. The third-order valence-electron chi connectivity index (χ3n) is 2.42. The number of benzene rings is 1. The van der Waals surface area contributed by atoms with Gasteiger partial charge in [-0.1, -0.05) is 15.9 Å². The predicted octanol–water partition coefficient (Wildman–Crippen LogP) is 3.43. The summed E-state index contributed by atoms with van der Waals surface area (Å²) in [5.41, 5.74) is 0.630. The number of hydrogen-bond acceptors (Lipinski definition) is 1. The van der Waals surface area contributed by atoms with Crippen LogP contribution in [0.5, 0.6) is 0 Å². The number of hydrogen-bond donors (Lipinski definition) is 1. The number of halogens is 2. The van der Waals surface area contributed by atoms with Crippen molar-refractivity contribution in [2.45, 2.75) is 33.3 Å². The Balaban J connectivity index is 3.49. The molecular formula is C11H14BrFO. The molecule has 1 N–H and O–H groups in total. The van der Waals surface area contributed by atoms with Gasteiger partial charge < -0.3 is 5.11 Å². The van der Waals surface area contributed by atoms with E-state index < -0.39 is 5.60 Å². The SMILES string of the molecule is Cc1c(Br)cc(C(C)(C)O)c(F)c1C. The molecule has 1 rings (SSSR count). The largest absolute Gasteiger partial charge is 0.386 e. The van der Waals surface area contributed by atoms with Crippen LogP contribution < -0.4 is 0 Å². The van der Waals surface area contributed by atoms with E-state index in [0.29, 0.717) is 11.1 Å². The van der Waals surface area contributed by atoms with Gasteiger partial charge in [-0.2, -0.15) is 0 Å². The first kappa shape index (κ1) is 11.7. The molecule has 0 unspecified atom stereocenters. The van der Waals surface area contributed by atoms with Crippen molar-refractivity contribution < 1.29 is 9.50 Å². The molecule has 0 bridgehead atoms. The molecule has 0 fully saturated rings. The second-order valence-corrected chi connectivity index (χ2v) is 4.88. The van der Waals surface area contributed by atoms with E-state index in [4.69, 9.17) is 0 Å². The van der Waals surface area contributed by atoms with Crippen molar-refractivity contribution in [2.24, 2.45) is 0 Å². The first-order valence-electron chi connectivity index (χ1n) is 4.43. The Morgan fingerprint density at radius 3 is 2.21 bits per heavy atom. The van der Waals surface area contributed by atoms with Crippen molar-refractivity contribution in [3.63, 3.8) is 0 Å². The molecule has 0 radical (unpaired) electrons. The van der Waals surface area contributed by atoms with Gasteiger partial charge in [0.15, 0.2) is 0 Å². The third kappa shape index (κ3) is 1.98. The summed E-state index contributed by atoms with van der Waals surface area (Å²) in [5.74, 6) is -0.321. The van der Waals surface area contributed by atoms with E-state index in [-0.39, 0.29) is 5.82 Å². The lowest BCUT2D eigenvalue weighted by atomic mass is 9.94. The van der Waals surface area contributed by atoms with Gasteiger partial charge >= 0.3 is 0 Å². The molecule has 0 aliphatic rings. The molecule has 1 aromatic carbocycles. The first-order chi connectivity index (χ1) is 6.25. The maximum atomic E-state index is 13.8. The summed E-state index contributed by atoms with van der Waals surface area (Å²) in [5, 5.41) is 9.75. The molecule has 78 valence electrons. The molecule has 1 nitrogen and oxygen atoms in total. The second kappa shape index (κ2) is 3.63. The summed E-state index contributed by atoms with van der Waals surface area (Å²) in [7, 11) is 0. The average Bonchev–Trinajstić information content (AvgIpc) is 2.06. The molecule has 0 spiro atoms. The average molecular weight is 261 g/mol. The van der Waals surface area contributed by atoms with E-state index in [1.165, 1.54) is 0 Å². The molecule has 0 atom stereocenters. The minimum atomic E-state index is -1.15. The van der Waals surface area contributed by atoms with Crippen molar-refractivity contribution in [2.75, 3.05) is 0 Å². The van der Waals surface area contributed by atoms with E-state index in [0.717, 1.165) is 10.0 Å². The third-order valence-corrected chi connectivity index (χ3v) is 3.24. The van der Waals surface area contributed by atoms with E-state index in [9.17, 15) is 9.50 Å². The Labute approximate surface area is 92.1 Å². The maximum absolute atomic E-state index is 13.8. The summed E-state index contributed by atoms with van der Waals surface area (Å²) in [6, 6.07) is 1.64. The Bertz CT molecular complexity index is 367. The molecule has 0 saturated carbocycles. The fourth-order valence-corrected chi connectivity index (χ4v) is 1.82. The van der Waals surface area contributed by atoms with Crippen molar-refractivity contribution in [3.8, 4) is 0 Å². The highest BCUT2D eigenvalue weighted by atomic mass is 79.9. The minimum absolute atomic E-state index is 0.321. The van der Waals surface area contributed by atoms with Crippen molar-refractivity contribution >= 4 is 15.9 Å². The summed E-state index contributed by atoms with van der Waals surface area (Å²) >= 11 is 3.35. The van der Waals surface area contributed by atoms with Gasteiger partial charge in [0.05, 0.1) is 5.60 Å². The van der Waals surface area contributed by atoms with Crippen LogP contribution in [-0.4, -0.2) is 5.11 Å². The Hall–Kier alpha value is -0.410. The highest BCUT2D eigenvalue weighted by molar-refractivity contribution is 9.10. The Morgan fingerprint density at radius 1 is 1.29 bits per heavy atom. The van der Waals surface area contributed by atoms with Crippen molar-refractivity contribution in [1.82, 2.24) is 0 Å². The van der Waals surface area contributed by atoms with Crippen molar-refractivity contribution in [1.29, 1.82) is 0 Å². The van der Waals surface area contributed by atoms with Crippen molar-refractivity contribution in [3.05, 3.63) is 33.0 Å². The van der Waals surface area contributed by atoms with Crippen LogP contribution in [0.2, 0.25) is 0 Å². The van der Waals surface area contributed by atoms with Crippen LogP contribution in [0, 0.1) is 19.7 Å². The van der Waals surface area contributed by atoms with Gasteiger partial charge in [-0.3, -0.25) is 0 Å². The Kier molecular flexibility index (Phi) is 3.02. The molecule has 0 aliphatic carbocycles. The molecule has 0 saturated heterocycles. The van der Waals surface area contributed by atoms with Gasteiger partial charge in [-0.25, -0.2) is 4.39 Å². The van der Waals surface area contributed by atoms with E-state index in [1.54, 1.807) is 26.8 Å². The first-order valence-corrected chi connectivity index (χ1v) is 5.22. The summed E-state index contributed by atoms with van der Waals surface area (Å²) in [6.45, 7) is 6.71. The fourth-order valence-electron chi connectivity index (χ4n) is 1.29. The van der Waals surface area contributed by atoms with Gasteiger partial charge in [0.1, 0.15) is 5.82 Å². The van der Waals surface area contributed by atoms with E-state index >= 15 is 0 Å². The van der Waals surface area contributed by atoms with Gasteiger partial charge in [-0.15, -0.1) is 0 Å². The lowest BCUT2D eigenvalue weighted by molar-refractivity contribution is 0.0743. The number of aliphatic hydroxyl groups is 1. The van der Waals surface area contributed by atoms with Gasteiger partial charge in [0, 0.05) is 10.0 Å². The second-order valence-electron chi connectivity index (χ2n) is 4.03. The van der Waals surface area contributed by atoms with Crippen LogP contribution in [0.4, 0.5) is 4.39 Å². The van der Waals surface area contributed by atoms with Gasteiger partial charge in [0.2, 0.25) is 0 Å². The van der Waals surface area contributed by atoms with Crippen LogP contribution >= 0.6 is 15.9 Å². The molecular weight excluding hydrogens is 247 g/mol. The van der Waals surface area contributed by atoms with E-state index in [1.807, 2.05) is 6.92 Å². The standard InChI is InChI=1S/C11H14BrFO/c1-6-7(2)10(13)8(5-9(6)12)11(3,4)14/h5,14H,1-4H3. The predicted molar refractivity (Wildman–Crippen MR) is 58.8 cm³/mol. The Morgan fingerprint density at radius 2 is 1.79 bits per heavy atom. The van der Waals surface area contributed by atoms with Crippen LogP contribution in [0.25, 0.3) is 0 Å². The molecule has 14 heavy (non-hydrogen) atoms. The summed E-state index contributed by atoms with van der Waals surface area (Å²) < 4.78 is 14.6. The van der Waals surface area contributed by atoms with E-state index in [2.05, 4.69) is 15.9 Å². The molecule has 0 aliphatic heterocycles. The highest BCUT2D eigenvalue weighted by Gasteiger charge is 2.23. The zero-order valence-electron chi connectivity index (χ0n) is 8.78. The molecule has 0 heterocycles. The molecule has 0 amide bonds. The summed E-state index contributed by atoms with van der Waals surface area (Å²) in [4.78, 5) is 0. The lowest BCUT2D eigenvalue weighted by Gasteiger charge is -2.21. The molecule has 0 aromatic heterocycles. The quantitative estimate of drug-likeness (QED) is 0.821. The molecule has 1 aromatic rings. The van der Waals surface area contributed by atoms with Crippen LogP contribution in [0.1, 0.15) is 30.5 Å². The van der Waals surface area contributed by atoms with Crippen LogP contribution in [-0.2, 0) is 5.60 Å². The highest BCUT2D eigenvalue weighted by Crippen LogP contribution is 2.31. The van der Waals surface area contributed by atoms with Crippen LogP contribution in [0.15, 0.2) is 10.5 Å². The monoisotopic (exact) mass is 260 g/mol. The van der Waals surface area contributed by atoms with Crippen LogP contribution in [0.3, 0.4) is 0 Å². The molecule has 3 heteroatoms. The smallest absolute Gasteiger partial charge is 0.132 e.